The molecule has 0 aromatic carbocycles. The fraction of sp³-hybridized carbons (Fsp3) is 0.222. The number of aromatic nitrogens is 1. The van der Waals surface area contributed by atoms with Gasteiger partial charge in [-0.3, -0.25) is 0 Å². The van der Waals surface area contributed by atoms with Crippen molar-refractivity contribution in [2.24, 2.45) is 0 Å². The largest absolute Gasteiger partial charge is 0.265 e. The van der Waals surface area contributed by atoms with E-state index in [4.69, 9.17) is 22.1 Å². The van der Waals surface area contributed by atoms with Crippen LogP contribution in [0.2, 0.25) is 5.15 Å². The number of halogens is 3. The lowest BCUT2D eigenvalue weighted by atomic mass is 10.0. The molecule has 0 bridgehead atoms. The van der Waals surface area contributed by atoms with Gasteiger partial charge in [0.2, 0.25) is 0 Å². The molecule has 1 aromatic rings. The third-order valence-corrected chi connectivity index (χ3v) is 2.09. The zero-order valence-corrected chi connectivity index (χ0v) is 8.09. The Morgan fingerprint density at radius 1 is 1.47 bits per heavy atom. The second-order valence-electron chi connectivity index (χ2n) is 2.60. The highest BCUT2D eigenvalue weighted by Crippen LogP contribution is 2.30. The van der Waals surface area contributed by atoms with Gasteiger partial charge in [-0.2, -0.15) is 10.5 Å². The summed E-state index contributed by atoms with van der Waals surface area (Å²) in [6.07, 6.45) is -2.16. The number of nitrogens with zero attached hydrogens (tertiary/aromatic N) is 3. The standard InChI is InChI=1S/C9H4ClF2N3/c10-8-6(1-2-13)7(9(11)12)5(3-14)4-15-8/h4,9H,1H2. The Morgan fingerprint density at radius 3 is 2.60 bits per heavy atom. The van der Waals surface area contributed by atoms with Gasteiger partial charge >= 0.3 is 0 Å². The summed E-state index contributed by atoms with van der Waals surface area (Å²) in [6.45, 7) is 0. The van der Waals surface area contributed by atoms with Crippen LogP contribution in [0.5, 0.6) is 0 Å². The lowest BCUT2D eigenvalue weighted by Gasteiger charge is -2.08. The first-order valence-corrected chi connectivity index (χ1v) is 4.22. The van der Waals surface area contributed by atoms with Crippen LogP contribution in [-0.2, 0) is 6.42 Å². The van der Waals surface area contributed by atoms with E-state index in [2.05, 4.69) is 4.98 Å². The quantitative estimate of drug-likeness (QED) is 0.730. The van der Waals surface area contributed by atoms with E-state index in [0.29, 0.717) is 0 Å². The summed E-state index contributed by atoms with van der Waals surface area (Å²) in [6, 6.07) is 3.30. The molecule has 0 aliphatic heterocycles. The summed E-state index contributed by atoms with van der Waals surface area (Å²) in [5.41, 5.74) is -0.827. The van der Waals surface area contributed by atoms with Crippen LogP contribution >= 0.6 is 11.6 Å². The fourth-order valence-corrected chi connectivity index (χ4v) is 1.35. The van der Waals surface area contributed by atoms with Crippen LogP contribution in [0.4, 0.5) is 8.78 Å². The van der Waals surface area contributed by atoms with Crippen LogP contribution in [0.15, 0.2) is 6.20 Å². The number of alkyl halides is 2. The number of rotatable bonds is 2. The Labute approximate surface area is 89.5 Å². The zero-order valence-electron chi connectivity index (χ0n) is 7.34. The van der Waals surface area contributed by atoms with Crippen molar-refractivity contribution in [1.29, 1.82) is 10.5 Å². The van der Waals surface area contributed by atoms with Crippen LogP contribution in [0.3, 0.4) is 0 Å². The molecule has 0 radical (unpaired) electrons. The maximum atomic E-state index is 12.6. The van der Waals surface area contributed by atoms with E-state index in [1.807, 2.05) is 0 Å². The second kappa shape index (κ2) is 4.68. The molecule has 76 valence electrons. The van der Waals surface area contributed by atoms with Crippen molar-refractivity contribution in [3.05, 3.63) is 28.0 Å². The Balaban J connectivity index is 3.47. The van der Waals surface area contributed by atoms with E-state index in [1.165, 1.54) is 0 Å². The molecule has 15 heavy (non-hydrogen) atoms. The molecule has 0 spiro atoms. The minimum absolute atomic E-state index is 0.0757. The van der Waals surface area contributed by atoms with Crippen molar-refractivity contribution in [2.75, 3.05) is 0 Å². The van der Waals surface area contributed by atoms with Crippen molar-refractivity contribution in [3.63, 3.8) is 0 Å². The van der Waals surface area contributed by atoms with Gasteiger partial charge in [0, 0.05) is 17.3 Å². The number of nitriles is 2. The second-order valence-corrected chi connectivity index (χ2v) is 2.96. The monoisotopic (exact) mass is 227 g/mol. The van der Waals surface area contributed by atoms with Crippen LogP contribution in [0, 0.1) is 22.7 Å². The minimum atomic E-state index is -2.84. The predicted molar refractivity (Wildman–Crippen MR) is 48.2 cm³/mol. The van der Waals surface area contributed by atoms with E-state index >= 15 is 0 Å². The molecule has 0 unspecified atom stereocenters. The highest BCUT2D eigenvalue weighted by atomic mass is 35.5. The molecule has 0 saturated heterocycles. The van der Waals surface area contributed by atoms with Gasteiger partial charge in [-0.15, -0.1) is 0 Å². The van der Waals surface area contributed by atoms with Gasteiger partial charge in [0.25, 0.3) is 6.43 Å². The first-order chi connectivity index (χ1) is 7.11. The van der Waals surface area contributed by atoms with Crippen molar-refractivity contribution in [1.82, 2.24) is 4.98 Å². The normalized spacial score (nSPS) is 9.73. The van der Waals surface area contributed by atoms with Crippen molar-refractivity contribution >= 4 is 11.6 Å². The summed E-state index contributed by atoms with van der Waals surface area (Å²) in [7, 11) is 0. The molecule has 0 fully saturated rings. The third kappa shape index (κ3) is 2.20. The van der Waals surface area contributed by atoms with E-state index in [1.54, 1.807) is 12.1 Å². The van der Waals surface area contributed by atoms with E-state index in [0.717, 1.165) is 6.20 Å². The molecule has 1 rings (SSSR count). The van der Waals surface area contributed by atoms with Gasteiger partial charge in [-0.25, -0.2) is 13.8 Å². The van der Waals surface area contributed by atoms with Gasteiger partial charge in [0.05, 0.1) is 18.1 Å². The van der Waals surface area contributed by atoms with Gasteiger partial charge in [-0.1, -0.05) is 11.6 Å². The van der Waals surface area contributed by atoms with Gasteiger partial charge < -0.3 is 0 Å². The molecule has 0 aliphatic rings. The molecule has 6 heteroatoms. The SMILES string of the molecule is N#CCc1c(Cl)ncc(C#N)c1C(F)F. The average Bonchev–Trinajstić information content (AvgIpc) is 2.20. The smallest absolute Gasteiger partial charge is 0.243 e. The molecule has 3 nitrogen and oxygen atoms in total. The molecule has 1 aromatic heterocycles. The molecule has 1 heterocycles. The average molecular weight is 228 g/mol. The Kier molecular flexibility index (Phi) is 3.54. The lowest BCUT2D eigenvalue weighted by molar-refractivity contribution is 0.150. The minimum Gasteiger partial charge on any atom is -0.243 e. The predicted octanol–water partition coefficient (Wildman–Crippen LogP) is 2.61. The maximum Gasteiger partial charge on any atom is 0.265 e. The highest BCUT2D eigenvalue weighted by Gasteiger charge is 2.21. The maximum absolute atomic E-state index is 12.6. The third-order valence-electron chi connectivity index (χ3n) is 1.77. The highest BCUT2D eigenvalue weighted by molar-refractivity contribution is 6.30. The molecule has 0 aliphatic carbocycles. The van der Waals surface area contributed by atoms with Gasteiger partial charge in [0.1, 0.15) is 11.2 Å². The summed E-state index contributed by atoms with van der Waals surface area (Å²) in [4.78, 5) is 3.57. The summed E-state index contributed by atoms with van der Waals surface area (Å²) in [5, 5.41) is 16.9. The summed E-state index contributed by atoms with van der Waals surface area (Å²) >= 11 is 5.58. The molecular weight excluding hydrogens is 224 g/mol. The molecule has 0 amide bonds. The first-order valence-electron chi connectivity index (χ1n) is 3.84. The number of hydrogen-bond donors (Lipinski definition) is 0. The van der Waals surface area contributed by atoms with Crippen LogP contribution in [0.1, 0.15) is 23.1 Å². The van der Waals surface area contributed by atoms with Crippen LogP contribution in [0.25, 0.3) is 0 Å². The summed E-state index contributed by atoms with van der Waals surface area (Å²) in [5.74, 6) is 0. The van der Waals surface area contributed by atoms with E-state index < -0.39 is 12.0 Å². The molecular formula is C9H4ClF2N3. The Bertz CT molecular complexity index is 460. The van der Waals surface area contributed by atoms with Crippen molar-refractivity contribution in [3.8, 4) is 12.1 Å². The van der Waals surface area contributed by atoms with Gasteiger partial charge in [0.15, 0.2) is 0 Å². The molecule has 0 atom stereocenters. The van der Waals surface area contributed by atoms with Crippen molar-refractivity contribution in [2.45, 2.75) is 12.8 Å². The first kappa shape index (κ1) is 11.4. The van der Waals surface area contributed by atoms with E-state index in [9.17, 15) is 8.78 Å². The number of hydrogen-bond acceptors (Lipinski definition) is 3. The zero-order chi connectivity index (χ0) is 11.4. The van der Waals surface area contributed by atoms with Crippen LogP contribution in [-0.4, -0.2) is 4.98 Å². The summed E-state index contributed by atoms with van der Waals surface area (Å²) < 4.78 is 25.3. The van der Waals surface area contributed by atoms with Gasteiger partial charge in [-0.05, 0) is 0 Å². The van der Waals surface area contributed by atoms with Crippen LogP contribution < -0.4 is 0 Å². The Morgan fingerprint density at radius 2 is 2.13 bits per heavy atom. The Hall–Kier alpha value is -1.72. The number of pyridine rings is 1. The van der Waals surface area contributed by atoms with Crippen molar-refractivity contribution < 1.29 is 8.78 Å². The molecule has 0 saturated carbocycles. The fourth-order valence-electron chi connectivity index (χ4n) is 1.13. The topological polar surface area (TPSA) is 60.5 Å². The van der Waals surface area contributed by atoms with E-state index in [-0.39, 0.29) is 22.7 Å². The molecule has 0 N–H and O–H groups in total. The lowest BCUT2D eigenvalue weighted by Crippen LogP contribution is -2.01.